The summed E-state index contributed by atoms with van der Waals surface area (Å²) in [6.07, 6.45) is 5.91. The lowest BCUT2D eigenvalue weighted by molar-refractivity contribution is 0.552. The molecule has 1 aromatic heterocycles. The lowest BCUT2D eigenvalue weighted by Gasteiger charge is -2.14. The summed E-state index contributed by atoms with van der Waals surface area (Å²) in [6.45, 7) is 1.90. The van der Waals surface area contributed by atoms with E-state index in [4.69, 9.17) is 4.42 Å². The first-order chi connectivity index (χ1) is 6.73. The Bertz CT molecular complexity index is 388. The number of rotatable bonds is 3. The second-order valence-electron chi connectivity index (χ2n) is 4.41. The Kier molecular flexibility index (Phi) is 1.70. The Hall–Kier alpha value is -0.560. The number of hydrogen-bond donors (Lipinski definition) is 0. The van der Waals surface area contributed by atoms with Gasteiger partial charge in [-0.1, -0.05) is 0 Å². The minimum absolute atomic E-state index is 0.418. The highest BCUT2D eigenvalue weighted by molar-refractivity contribution is 7.73. The van der Waals surface area contributed by atoms with E-state index in [9.17, 15) is 4.57 Å². The maximum atomic E-state index is 12.9. The molecule has 14 heavy (non-hydrogen) atoms. The molecule has 1 heterocycles. The van der Waals surface area contributed by atoms with Crippen molar-refractivity contribution in [3.05, 3.63) is 12.1 Å². The fourth-order valence-corrected chi connectivity index (χ4v) is 6.04. The van der Waals surface area contributed by atoms with E-state index >= 15 is 0 Å². The molecule has 2 aliphatic carbocycles. The highest BCUT2D eigenvalue weighted by Crippen LogP contribution is 2.69. The van der Waals surface area contributed by atoms with E-state index in [-0.39, 0.29) is 0 Å². The zero-order valence-corrected chi connectivity index (χ0v) is 9.17. The van der Waals surface area contributed by atoms with Crippen LogP contribution in [0, 0.1) is 6.92 Å². The molecular weight excluding hydrogens is 197 g/mol. The van der Waals surface area contributed by atoms with Crippen LogP contribution in [0.2, 0.25) is 0 Å². The van der Waals surface area contributed by atoms with Gasteiger partial charge in [-0.3, -0.25) is 0 Å². The zero-order valence-electron chi connectivity index (χ0n) is 8.27. The summed E-state index contributed by atoms with van der Waals surface area (Å²) in [5.41, 5.74) is 2.40. The van der Waals surface area contributed by atoms with Crippen molar-refractivity contribution in [2.75, 3.05) is 0 Å². The molecule has 3 nitrogen and oxygen atoms in total. The highest BCUT2D eigenvalue weighted by atomic mass is 31.2. The summed E-state index contributed by atoms with van der Waals surface area (Å²) < 4.78 is 18.2. The Morgan fingerprint density at radius 2 is 1.93 bits per heavy atom. The molecule has 0 bridgehead atoms. The van der Waals surface area contributed by atoms with E-state index < -0.39 is 7.14 Å². The Morgan fingerprint density at radius 3 is 2.29 bits per heavy atom. The molecule has 0 saturated heterocycles. The SMILES string of the molecule is Cc1ncoc1P(=O)(C1CC1)C1CC1. The molecule has 2 aliphatic rings. The largest absolute Gasteiger partial charge is 0.440 e. The normalized spacial score (nSPS) is 22.6. The van der Waals surface area contributed by atoms with Crippen molar-refractivity contribution >= 4 is 12.6 Å². The van der Waals surface area contributed by atoms with Crippen molar-refractivity contribution in [3.63, 3.8) is 0 Å². The summed E-state index contributed by atoms with van der Waals surface area (Å²) in [5, 5.41) is 0. The summed E-state index contributed by atoms with van der Waals surface area (Å²) in [4.78, 5) is 4.06. The molecule has 0 N–H and O–H groups in total. The molecule has 1 aromatic rings. The van der Waals surface area contributed by atoms with Crippen LogP contribution in [0.15, 0.2) is 10.8 Å². The Balaban J connectivity index is 2.07. The topological polar surface area (TPSA) is 43.1 Å². The maximum absolute atomic E-state index is 12.9. The second kappa shape index (κ2) is 2.73. The van der Waals surface area contributed by atoms with Gasteiger partial charge < -0.3 is 8.98 Å². The van der Waals surface area contributed by atoms with Gasteiger partial charge in [0, 0.05) is 11.3 Å². The first-order valence-electron chi connectivity index (χ1n) is 5.23. The van der Waals surface area contributed by atoms with Crippen LogP contribution in [0.1, 0.15) is 31.4 Å². The number of hydrogen-bond acceptors (Lipinski definition) is 3. The summed E-state index contributed by atoms with van der Waals surface area (Å²) in [6, 6.07) is 0. The molecule has 3 rings (SSSR count). The number of oxazole rings is 1. The van der Waals surface area contributed by atoms with E-state index in [1.165, 1.54) is 6.39 Å². The molecule has 0 radical (unpaired) electrons. The average molecular weight is 211 g/mol. The predicted octanol–water partition coefficient (Wildman–Crippen LogP) is 2.30. The second-order valence-corrected chi connectivity index (χ2v) is 7.70. The lowest BCUT2D eigenvalue weighted by atomic mass is 10.6. The molecule has 0 aliphatic heterocycles. The van der Waals surface area contributed by atoms with E-state index in [0.717, 1.165) is 36.9 Å². The first-order valence-corrected chi connectivity index (χ1v) is 7.07. The van der Waals surface area contributed by atoms with Crippen LogP contribution in [0.3, 0.4) is 0 Å². The van der Waals surface area contributed by atoms with Crippen LogP contribution >= 0.6 is 7.14 Å². The molecule has 0 spiro atoms. The molecule has 0 unspecified atom stereocenters. The molecule has 0 aromatic carbocycles. The van der Waals surface area contributed by atoms with Crippen molar-refractivity contribution in [2.24, 2.45) is 0 Å². The first kappa shape index (κ1) is 8.72. The van der Waals surface area contributed by atoms with E-state index in [1.54, 1.807) is 0 Å². The van der Waals surface area contributed by atoms with Crippen LogP contribution in [-0.2, 0) is 4.57 Å². The van der Waals surface area contributed by atoms with Gasteiger partial charge in [0.25, 0.3) is 0 Å². The number of aryl methyl sites for hydroxylation is 1. The summed E-state index contributed by atoms with van der Waals surface area (Å²) >= 11 is 0. The number of aromatic nitrogens is 1. The smallest absolute Gasteiger partial charge is 0.186 e. The van der Waals surface area contributed by atoms with E-state index in [0.29, 0.717) is 11.3 Å². The van der Waals surface area contributed by atoms with Crippen LogP contribution in [0.25, 0.3) is 0 Å². The maximum Gasteiger partial charge on any atom is 0.186 e. The van der Waals surface area contributed by atoms with E-state index in [1.807, 2.05) is 6.92 Å². The highest BCUT2D eigenvalue weighted by Gasteiger charge is 2.54. The van der Waals surface area contributed by atoms with Crippen molar-refractivity contribution in [3.8, 4) is 0 Å². The van der Waals surface area contributed by atoms with Gasteiger partial charge in [-0.2, -0.15) is 0 Å². The predicted molar refractivity (Wildman–Crippen MR) is 54.5 cm³/mol. The third-order valence-corrected chi connectivity index (χ3v) is 7.48. The van der Waals surface area contributed by atoms with Gasteiger partial charge in [0.1, 0.15) is 0 Å². The minimum atomic E-state index is -2.21. The van der Waals surface area contributed by atoms with Crippen molar-refractivity contribution in [1.82, 2.24) is 4.98 Å². The third-order valence-electron chi connectivity index (χ3n) is 3.22. The van der Waals surface area contributed by atoms with Crippen molar-refractivity contribution in [2.45, 2.75) is 43.9 Å². The Labute approximate surface area is 83.3 Å². The molecule has 2 saturated carbocycles. The van der Waals surface area contributed by atoms with Gasteiger partial charge in [-0.15, -0.1) is 0 Å². The molecule has 2 fully saturated rings. The zero-order chi connectivity index (χ0) is 9.76. The standard InChI is InChI=1S/C10H14NO2P/c1-7-10(13-6-11-7)14(12,8-2-3-8)9-4-5-9/h6,8-9H,2-5H2,1H3. The molecule has 4 heteroatoms. The minimum Gasteiger partial charge on any atom is -0.440 e. The molecular formula is C10H14NO2P. The molecule has 0 amide bonds. The van der Waals surface area contributed by atoms with Crippen LogP contribution in [0.4, 0.5) is 0 Å². The molecule has 76 valence electrons. The van der Waals surface area contributed by atoms with Crippen LogP contribution in [-0.4, -0.2) is 16.3 Å². The van der Waals surface area contributed by atoms with Gasteiger partial charge in [0.2, 0.25) is 0 Å². The van der Waals surface area contributed by atoms with Crippen LogP contribution < -0.4 is 5.50 Å². The quantitative estimate of drug-likeness (QED) is 0.720. The van der Waals surface area contributed by atoms with Crippen LogP contribution in [0.5, 0.6) is 0 Å². The van der Waals surface area contributed by atoms with Crippen molar-refractivity contribution < 1.29 is 8.98 Å². The fourth-order valence-electron chi connectivity index (χ4n) is 2.18. The lowest BCUT2D eigenvalue weighted by Crippen LogP contribution is -2.13. The Morgan fingerprint density at radius 1 is 1.36 bits per heavy atom. The monoisotopic (exact) mass is 211 g/mol. The van der Waals surface area contributed by atoms with Crippen molar-refractivity contribution in [1.29, 1.82) is 0 Å². The van der Waals surface area contributed by atoms with Gasteiger partial charge in [0.15, 0.2) is 19.0 Å². The van der Waals surface area contributed by atoms with Gasteiger partial charge in [-0.25, -0.2) is 4.98 Å². The third kappa shape index (κ3) is 1.12. The van der Waals surface area contributed by atoms with Gasteiger partial charge in [-0.05, 0) is 32.6 Å². The van der Waals surface area contributed by atoms with Gasteiger partial charge >= 0.3 is 0 Å². The fraction of sp³-hybridized carbons (Fsp3) is 0.700. The summed E-state index contributed by atoms with van der Waals surface area (Å²) in [7, 11) is -2.21. The van der Waals surface area contributed by atoms with E-state index in [2.05, 4.69) is 4.98 Å². The summed E-state index contributed by atoms with van der Waals surface area (Å²) in [5.74, 6) is 0. The number of nitrogens with zero attached hydrogens (tertiary/aromatic N) is 1. The molecule has 0 atom stereocenters. The van der Waals surface area contributed by atoms with Gasteiger partial charge in [0.05, 0.1) is 5.69 Å². The average Bonchev–Trinajstić information content (AvgIpc) is 3.00.